The van der Waals surface area contributed by atoms with E-state index in [1.54, 1.807) is 54.3 Å². The summed E-state index contributed by atoms with van der Waals surface area (Å²) in [5.74, 6) is 0.893. The summed E-state index contributed by atoms with van der Waals surface area (Å²) in [4.78, 5) is 13.7. The van der Waals surface area contributed by atoms with Crippen LogP contribution in [0.1, 0.15) is 12.8 Å². The second-order valence-electron chi connectivity index (χ2n) is 8.85. The van der Waals surface area contributed by atoms with E-state index in [-0.39, 0.29) is 23.4 Å². The molecule has 0 radical (unpaired) electrons. The molecule has 4 aromatic heterocycles. The first-order chi connectivity index (χ1) is 17.9. The molecule has 1 atom stereocenters. The van der Waals surface area contributed by atoms with Crippen LogP contribution in [0, 0.1) is 0 Å². The minimum atomic E-state index is -3.69. The fraction of sp³-hybridized carbons (Fsp3) is 0.250. The number of aryl methyl sites for hydroxylation is 1. The van der Waals surface area contributed by atoms with Gasteiger partial charge in [0.2, 0.25) is 5.95 Å². The van der Waals surface area contributed by atoms with Crippen molar-refractivity contribution in [2.75, 3.05) is 18.4 Å². The summed E-state index contributed by atoms with van der Waals surface area (Å²) in [6.45, 7) is 0.708. The van der Waals surface area contributed by atoms with Crippen molar-refractivity contribution in [3.05, 3.63) is 61.3 Å². The molecule has 1 aliphatic rings. The highest BCUT2D eigenvalue weighted by Gasteiger charge is 2.32. The van der Waals surface area contributed by atoms with Crippen LogP contribution in [-0.2, 0) is 17.1 Å². The van der Waals surface area contributed by atoms with Gasteiger partial charge in [-0.05, 0) is 37.1 Å². The van der Waals surface area contributed by atoms with E-state index in [2.05, 4.69) is 20.4 Å². The number of hydrogen-bond donors (Lipinski definition) is 2. The second kappa shape index (κ2) is 9.01. The number of nitrogens with zero attached hydrogens (tertiary/aromatic N) is 7. The van der Waals surface area contributed by atoms with Crippen molar-refractivity contribution in [3.8, 4) is 28.4 Å². The number of nitrogens with one attached hydrogen (secondary N) is 1. The molecule has 0 amide bonds. The molecule has 0 aliphatic carbocycles. The summed E-state index contributed by atoms with van der Waals surface area (Å²) in [5, 5.41) is 17.4. The van der Waals surface area contributed by atoms with E-state index >= 15 is 0 Å². The molecule has 12 nitrogen and oxygen atoms in total. The van der Waals surface area contributed by atoms with Crippen molar-refractivity contribution in [1.29, 1.82) is 0 Å². The molecular formula is C24H24N8O4S. The minimum absolute atomic E-state index is 0.0400. The zero-order chi connectivity index (χ0) is 25.6. The number of rotatable bonds is 6. The predicted octanol–water partition coefficient (Wildman–Crippen LogP) is 2.76. The molecular weight excluding hydrogens is 496 g/mol. The van der Waals surface area contributed by atoms with Crippen molar-refractivity contribution < 1.29 is 17.9 Å². The Hall–Kier alpha value is -4.23. The first-order valence-electron chi connectivity index (χ1n) is 11.7. The lowest BCUT2D eigenvalue weighted by Gasteiger charge is -2.31. The van der Waals surface area contributed by atoms with Crippen LogP contribution in [0.3, 0.4) is 0 Å². The van der Waals surface area contributed by atoms with Crippen molar-refractivity contribution in [2.45, 2.75) is 23.9 Å². The van der Waals surface area contributed by atoms with Crippen LogP contribution in [0.25, 0.3) is 28.5 Å². The number of anilines is 1. The van der Waals surface area contributed by atoms with E-state index in [9.17, 15) is 13.5 Å². The zero-order valence-electron chi connectivity index (χ0n) is 19.9. The fourth-order valence-corrected chi connectivity index (χ4v) is 6.04. The first-order valence-corrected chi connectivity index (χ1v) is 13.2. The number of aromatic hydroxyl groups is 1. The van der Waals surface area contributed by atoms with Crippen LogP contribution in [-0.4, -0.2) is 66.1 Å². The van der Waals surface area contributed by atoms with Gasteiger partial charge in [-0.25, -0.2) is 18.4 Å². The molecule has 0 bridgehead atoms. The van der Waals surface area contributed by atoms with E-state index < -0.39 is 10.0 Å². The molecule has 0 saturated carbocycles. The minimum Gasteiger partial charge on any atom is -0.508 e. The normalized spacial score (nSPS) is 16.8. The molecule has 37 heavy (non-hydrogen) atoms. The molecule has 1 fully saturated rings. The van der Waals surface area contributed by atoms with Crippen LogP contribution in [0.4, 0.5) is 5.95 Å². The van der Waals surface area contributed by atoms with Crippen LogP contribution in [0.5, 0.6) is 5.75 Å². The molecule has 5 heterocycles. The highest BCUT2D eigenvalue weighted by molar-refractivity contribution is 7.89. The second-order valence-corrected chi connectivity index (χ2v) is 10.7. The quantitative estimate of drug-likeness (QED) is 0.345. The lowest BCUT2D eigenvalue weighted by Crippen LogP contribution is -2.45. The first kappa shape index (κ1) is 23.2. The van der Waals surface area contributed by atoms with Gasteiger partial charge in [-0.1, -0.05) is 12.1 Å². The van der Waals surface area contributed by atoms with Gasteiger partial charge in [0.15, 0.2) is 5.03 Å². The number of sulfonamides is 1. The summed E-state index contributed by atoms with van der Waals surface area (Å²) in [6.07, 6.45) is 8.02. The number of oxazole rings is 1. The van der Waals surface area contributed by atoms with E-state index in [0.29, 0.717) is 47.4 Å². The smallest absolute Gasteiger partial charge is 0.306 e. The summed E-state index contributed by atoms with van der Waals surface area (Å²) < 4.78 is 36.3. The van der Waals surface area contributed by atoms with Gasteiger partial charge in [0, 0.05) is 50.3 Å². The number of piperidine rings is 1. The van der Waals surface area contributed by atoms with Gasteiger partial charge in [-0.15, -0.1) is 0 Å². The van der Waals surface area contributed by atoms with Gasteiger partial charge in [0.25, 0.3) is 10.0 Å². The number of benzene rings is 1. The van der Waals surface area contributed by atoms with Crippen LogP contribution < -0.4 is 5.32 Å². The molecule has 2 N–H and O–H groups in total. The van der Waals surface area contributed by atoms with Crippen molar-refractivity contribution in [3.63, 3.8) is 0 Å². The maximum absolute atomic E-state index is 13.1. The Bertz CT molecular complexity index is 1690. The maximum Gasteiger partial charge on any atom is 0.306 e. The van der Waals surface area contributed by atoms with Gasteiger partial charge < -0.3 is 14.8 Å². The molecule has 1 saturated heterocycles. The molecule has 190 valence electrons. The largest absolute Gasteiger partial charge is 0.508 e. The van der Waals surface area contributed by atoms with Crippen LogP contribution in [0.2, 0.25) is 0 Å². The van der Waals surface area contributed by atoms with Crippen molar-refractivity contribution in [1.82, 2.24) is 33.4 Å². The number of aromatic nitrogens is 6. The van der Waals surface area contributed by atoms with Gasteiger partial charge in [-0.3, -0.25) is 9.08 Å². The third-order valence-corrected chi connectivity index (χ3v) is 8.05. The average Bonchev–Trinajstić information content (AvgIpc) is 3.61. The summed E-state index contributed by atoms with van der Waals surface area (Å²) >= 11 is 0. The lowest BCUT2D eigenvalue weighted by atomic mass is 10.1. The number of hydrogen-bond acceptors (Lipinski definition) is 9. The van der Waals surface area contributed by atoms with Crippen LogP contribution in [0.15, 0.2) is 70.7 Å². The van der Waals surface area contributed by atoms with E-state index in [1.807, 2.05) is 6.07 Å². The Balaban J connectivity index is 1.29. The van der Waals surface area contributed by atoms with Crippen molar-refractivity contribution in [2.24, 2.45) is 7.05 Å². The third kappa shape index (κ3) is 4.32. The van der Waals surface area contributed by atoms with Crippen LogP contribution >= 0.6 is 0 Å². The van der Waals surface area contributed by atoms with E-state index in [0.717, 1.165) is 6.42 Å². The Morgan fingerprint density at radius 3 is 2.86 bits per heavy atom. The van der Waals surface area contributed by atoms with E-state index in [4.69, 9.17) is 9.40 Å². The summed E-state index contributed by atoms with van der Waals surface area (Å²) in [7, 11) is -2.00. The molecule has 1 aliphatic heterocycles. The molecule has 1 aromatic carbocycles. The van der Waals surface area contributed by atoms with Gasteiger partial charge in [0.05, 0.1) is 5.69 Å². The monoisotopic (exact) mass is 520 g/mol. The van der Waals surface area contributed by atoms with Gasteiger partial charge in [-0.2, -0.15) is 14.4 Å². The summed E-state index contributed by atoms with van der Waals surface area (Å²) in [5.41, 5.74) is 2.59. The standard InChI is InChI=1S/C24H24N8O4S/c1-30-11-8-20(29-30)37(34,35)31-10-3-5-17(15-31)26-23-25-9-7-19(27-23)22-21(16-4-2-6-18(33)14-16)28-24-32(22)12-13-36-24/h2,4,6-9,11-14,17,33H,3,5,10,15H2,1H3,(H,25,26,27). The molecule has 1 unspecified atom stereocenters. The number of fused-ring (bicyclic) bond motifs is 1. The molecule has 13 heteroatoms. The Morgan fingerprint density at radius 1 is 1.16 bits per heavy atom. The topological polar surface area (TPSA) is 144 Å². The number of phenolic OH excluding ortho intramolecular Hbond substituents is 1. The number of imidazole rings is 1. The third-order valence-electron chi connectivity index (χ3n) is 6.29. The number of phenols is 1. The lowest BCUT2D eigenvalue weighted by molar-refractivity contribution is 0.325. The van der Waals surface area contributed by atoms with E-state index in [1.165, 1.54) is 21.3 Å². The Kier molecular flexibility index (Phi) is 5.65. The zero-order valence-corrected chi connectivity index (χ0v) is 20.7. The Labute approximate surface area is 212 Å². The molecule has 5 aromatic rings. The van der Waals surface area contributed by atoms with Gasteiger partial charge in [0.1, 0.15) is 23.4 Å². The van der Waals surface area contributed by atoms with Crippen molar-refractivity contribution >= 4 is 21.8 Å². The summed E-state index contributed by atoms with van der Waals surface area (Å²) in [6, 6.07) is 9.92. The SMILES string of the molecule is Cn1ccc(S(=O)(=O)N2CCCC(Nc3nccc(-c4c(-c5cccc(O)c5)nc5occn45)n3)C2)n1. The van der Waals surface area contributed by atoms with Gasteiger partial charge >= 0.3 is 5.84 Å². The molecule has 0 spiro atoms. The molecule has 6 rings (SSSR count). The predicted molar refractivity (Wildman–Crippen MR) is 134 cm³/mol. The highest BCUT2D eigenvalue weighted by Crippen LogP contribution is 2.33. The highest BCUT2D eigenvalue weighted by atomic mass is 32.2. The maximum atomic E-state index is 13.1. The Morgan fingerprint density at radius 2 is 2.05 bits per heavy atom. The fourth-order valence-electron chi connectivity index (χ4n) is 4.57. The average molecular weight is 521 g/mol.